The van der Waals surface area contributed by atoms with E-state index in [0.717, 1.165) is 0 Å². The van der Waals surface area contributed by atoms with Gasteiger partial charge in [-0.25, -0.2) is 4.79 Å². The van der Waals surface area contributed by atoms with E-state index < -0.39 is 29.4 Å². The second kappa shape index (κ2) is 3.10. The summed E-state index contributed by atoms with van der Waals surface area (Å²) in [7, 11) is 0. The van der Waals surface area contributed by atoms with Crippen LogP contribution in [0.25, 0.3) is 0 Å². The zero-order valence-corrected chi connectivity index (χ0v) is 9.25. The molecule has 2 fully saturated rings. The third-order valence-electron chi connectivity index (χ3n) is 2.95. The lowest BCUT2D eigenvalue weighted by molar-refractivity contribution is -0.164. The molecular weight excluding hydrogens is 221 g/mol. The van der Waals surface area contributed by atoms with Crippen LogP contribution >= 0.6 is 11.8 Å². The molecule has 2 aliphatic heterocycles. The SMILES string of the molecule is CC1(C)S[C@@H]2[C@H](CF)C(=O)N2[C@H]1C(=O)O. The molecule has 84 valence electrons. The summed E-state index contributed by atoms with van der Waals surface area (Å²) in [6.07, 6.45) is 0. The van der Waals surface area contributed by atoms with Crippen molar-refractivity contribution >= 4 is 23.6 Å². The zero-order valence-electron chi connectivity index (χ0n) is 8.44. The molecule has 1 amide bonds. The lowest BCUT2D eigenvalue weighted by Gasteiger charge is -2.42. The number of thioether (sulfide) groups is 1. The largest absolute Gasteiger partial charge is 0.480 e. The summed E-state index contributed by atoms with van der Waals surface area (Å²) in [5.74, 6) is -2.02. The van der Waals surface area contributed by atoms with Gasteiger partial charge in [-0.1, -0.05) is 0 Å². The highest BCUT2D eigenvalue weighted by atomic mass is 32.2. The average Bonchev–Trinajstić information content (AvgIpc) is 2.35. The second-order valence-electron chi connectivity index (χ2n) is 4.36. The summed E-state index contributed by atoms with van der Waals surface area (Å²) in [4.78, 5) is 23.8. The van der Waals surface area contributed by atoms with Crippen molar-refractivity contribution in [3.8, 4) is 0 Å². The Morgan fingerprint density at radius 1 is 1.67 bits per heavy atom. The summed E-state index contributed by atoms with van der Waals surface area (Å²) in [6.45, 7) is 2.85. The van der Waals surface area contributed by atoms with Crippen molar-refractivity contribution in [3.63, 3.8) is 0 Å². The van der Waals surface area contributed by atoms with Crippen molar-refractivity contribution in [2.75, 3.05) is 6.67 Å². The first-order valence-corrected chi connectivity index (χ1v) is 5.57. The maximum absolute atomic E-state index is 12.5. The molecule has 3 atom stereocenters. The van der Waals surface area contributed by atoms with Gasteiger partial charge in [0.1, 0.15) is 12.7 Å². The van der Waals surface area contributed by atoms with Crippen molar-refractivity contribution < 1.29 is 19.1 Å². The number of alkyl halides is 1. The fraction of sp³-hybridized carbons (Fsp3) is 0.778. The lowest BCUT2D eigenvalue weighted by atomic mass is 9.93. The number of hydrogen-bond donors (Lipinski definition) is 1. The van der Waals surface area contributed by atoms with Gasteiger partial charge < -0.3 is 10.0 Å². The minimum absolute atomic E-state index is 0.293. The van der Waals surface area contributed by atoms with Crippen LogP contribution in [-0.2, 0) is 9.59 Å². The van der Waals surface area contributed by atoms with Gasteiger partial charge in [0.15, 0.2) is 0 Å². The molecule has 0 unspecified atom stereocenters. The van der Waals surface area contributed by atoms with E-state index in [1.54, 1.807) is 13.8 Å². The van der Waals surface area contributed by atoms with Gasteiger partial charge in [-0.3, -0.25) is 9.18 Å². The molecule has 0 aromatic rings. The first kappa shape index (κ1) is 10.7. The highest BCUT2D eigenvalue weighted by molar-refractivity contribution is 8.01. The fourth-order valence-corrected chi connectivity index (χ4v) is 3.89. The normalized spacial score (nSPS) is 37.4. The molecule has 0 saturated carbocycles. The molecular formula is C9H12FNO3S. The predicted molar refractivity (Wildman–Crippen MR) is 53.2 cm³/mol. The van der Waals surface area contributed by atoms with E-state index in [4.69, 9.17) is 5.11 Å². The van der Waals surface area contributed by atoms with Crippen LogP contribution in [0.5, 0.6) is 0 Å². The number of fused-ring (bicyclic) bond motifs is 1. The maximum atomic E-state index is 12.5. The van der Waals surface area contributed by atoms with Crippen LogP contribution in [0.15, 0.2) is 0 Å². The molecule has 0 aromatic carbocycles. The van der Waals surface area contributed by atoms with E-state index in [2.05, 4.69) is 0 Å². The van der Waals surface area contributed by atoms with Crippen molar-refractivity contribution in [2.45, 2.75) is 30.0 Å². The molecule has 2 heterocycles. The van der Waals surface area contributed by atoms with Crippen LogP contribution < -0.4 is 0 Å². The van der Waals surface area contributed by atoms with Gasteiger partial charge in [0.05, 0.1) is 11.3 Å². The Labute approximate surface area is 90.8 Å². The van der Waals surface area contributed by atoms with E-state index in [1.807, 2.05) is 0 Å². The standard InChI is InChI=1S/C9H12FNO3S/c1-9(2)5(8(13)14)11-6(12)4(3-10)7(11)15-9/h4-5,7H,3H2,1-2H3,(H,13,14)/t4-,5+,7-/m1/s1. The van der Waals surface area contributed by atoms with Gasteiger partial charge in [0.2, 0.25) is 5.91 Å². The summed E-state index contributed by atoms with van der Waals surface area (Å²) < 4.78 is 12.0. The van der Waals surface area contributed by atoms with Crippen molar-refractivity contribution in [1.82, 2.24) is 4.90 Å². The smallest absolute Gasteiger partial charge is 0.327 e. The van der Waals surface area contributed by atoms with Crippen LogP contribution in [0.1, 0.15) is 13.8 Å². The van der Waals surface area contributed by atoms with Gasteiger partial charge in [0, 0.05) is 4.75 Å². The number of carbonyl (C=O) groups excluding carboxylic acids is 1. The second-order valence-corrected chi connectivity index (χ2v) is 6.13. The quantitative estimate of drug-likeness (QED) is 0.714. The number of carboxylic acid groups (broad SMARTS) is 1. The average molecular weight is 233 g/mol. The summed E-state index contributed by atoms with van der Waals surface area (Å²) in [6, 6.07) is -0.831. The minimum Gasteiger partial charge on any atom is -0.480 e. The molecule has 0 bridgehead atoms. The Morgan fingerprint density at radius 3 is 2.73 bits per heavy atom. The summed E-state index contributed by atoms with van der Waals surface area (Å²) >= 11 is 1.37. The monoisotopic (exact) mass is 233 g/mol. The van der Waals surface area contributed by atoms with Gasteiger partial charge >= 0.3 is 5.97 Å². The van der Waals surface area contributed by atoms with E-state index in [0.29, 0.717) is 0 Å². The highest BCUT2D eigenvalue weighted by Crippen LogP contribution is 2.53. The molecule has 0 spiro atoms. The van der Waals surface area contributed by atoms with Gasteiger partial charge in [-0.15, -0.1) is 11.8 Å². The predicted octanol–water partition coefficient (Wildman–Crippen LogP) is 0.719. The number of amides is 1. The number of aliphatic carboxylic acids is 1. The zero-order chi connectivity index (χ0) is 11.4. The topological polar surface area (TPSA) is 57.6 Å². The van der Waals surface area contributed by atoms with Crippen LogP contribution in [0.4, 0.5) is 4.39 Å². The molecule has 0 radical (unpaired) electrons. The first-order valence-electron chi connectivity index (χ1n) is 4.69. The number of nitrogens with zero attached hydrogens (tertiary/aromatic N) is 1. The molecule has 0 aliphatic carbocycles. The Bertz CT molecular complexity index is 333. The van der Waals surface area contributed by atoms with Gasteiger partial charge in [0.25, 0.3) is 0 Å². The highest BCUT2D eigenvalue weighted by Gasteiger charge is 2.63. The molecule has 2 aliphatic rings. The Hall–Kier alpha value is -0.780. The first-order chi connectivity index (χ1) is 6.90. The summed E-state index contributed by atoms with van der Waals surface area (Å²) in [5, 5.41) is 8.75. The van der Waals surface area contributed by atoms with Crippen molar-refractivity contribution in [1.29, 1.82) is 0 Å². The number of hydrogen-bond acceptors (Lipinski definition) is 3. The lowest BCUT2D eigenvalue weighted by Crippen LogP contribution is -2.63. The van der Waals surface area contributed by atoms with Crippen LogP contribution in [0.3, 0.4) is 0 Å². The molecule has 6 heteroatoms. The number of halogens is 1. The number of carboxylic acids is 1. The number of carbonyl (C=O) groups is 2. The van der Waals surface area contributed by atoms with Crippen LogP contribution in [-0.4, -0.2) is 44.7 Å². The minimum atomic E-state index is -1.01. The van der Waals surface area contributed by atoms with E-state index >= 15 is 0 Å². The van der Waals surface area contributed by atoms with E-state index in [-0.39, 0.29) is 11.3 Å². The Balaban J connectivity index is 2.28. The third kappa shape index (κ3) is 1.27. The van der Waals surface area contributed by atoms with Crippen molar-refractivity contribution in [3.05, 3.63) is 0 Å². The molecule has 2 saturated heterocycles. The van der Waals surface area contributed by atoms with E-state index in [9.17, 15) is 14.0 Å². The number of rotatable bonds is 2. The maximum Gasteiger partial charge on any atom is 0.327 e. The fourth-order valence-electron chi connectivity index (χ4n) is 2.23. The molecule has 0 aromatic heterocycles. The Morgan fingerprint density at radius 2 is 2.27 bits per heavy atom. The molecule has 2 rings (SSSR count). The van der Waals surface area contributed by atoms with Crippen LogP contribution in [0.2, 0.25) is 0 Å². The molecule has 1 N–H and O–H groups in total. The Kier molecular flexibility index (Phi) is 2.22. The van der Waals surface area contributed by atoms with E-state index in [1.165, 1.54) is 16.7 Å². The van der Waals surface area contributed by atoms with Crippen LogP contribution in [0, 0.1) is 5.92 Å². The molecule has 4 nitrogen and oxygen atoms in total. The van der Waals surface area contributed by atoms with Crippen molar-refractivity contribution in [2.24, 2.45) is 5.92 Å². The number of β-lactam (4-membered cyclic amide) rings is 1. The third-order valence-corrected chi connectivity index (χ3v) is 4.58. The van der Waals surface area contributed by atoms with Gasteiger partial charge in [-0.2, -0.15) is 0 Å². The molecule has 15 heavy (non-hydrogen) atoms. The van der Waals surface area contributed by atoms with Gasteiger partial charge in [-0.05, 0) is 13.8 Å². The summed E-state index contributed by atoms with van der Waals surface area (Å²) in [5.41, 5.74) is 0.